The second-order valence-electron chi connectivity index (χ2n) is 4.65. The summed E-state index contributed by atoms with van der Waals surface area (Å²) in [7, 11) is -3.03. The molecule has 5 nitrogen and oxygen atoms in total. The first-order chi connectivity index (χ1) is 8.62. The van der Waals surface area contributed by atoms with Crippen LogP contribution in [0.2, 0.25) is 0 Å². The van der Waals surface area contributed by atoms with Gasteiger partial charge < -0.3 is 10.1 Å². The summed E-state index contributed by atoms with van der Waals surface area (Å²) in [5.41, 5.74) is 7.50. The van der Waals surface area contributed by atoms with Crippen molar-refractivity contribution in [1.82, 2.24) is 9.38 Å². The van der Waals surface area contributed by atoms with Crippen LogP contribution in [0.1, 0.15) is 29.5 Å². The van der Waals surface area contributed by atoms with Crippen molar-refractivity contribution in [2.75, 3.05) is 5.75 Å². The van der Waals surface area contributed by atoms with E-state index in [0.29, 0.717) is 18.8 Å². The number of rotatable bonds is 2. The highest BCUT2D eigenvalue weighted by Gasteiger charge is 2.35. The summed E-state index contributed by atoms with van der Waals surface area (Å²) in [6.45, 7) is 0.471. The zero-order chi connectivity index (χ0) is 12.8. The Morgan fingerprint density at radius 2 is 2.33 bits per heavy atom. The molecule has 1 saturated heterocycles. The maximum Gasteiger partial charge on any atom is 0.160 e. The number of pyridine rings is 1. The van der Waals surface area contributed by atoms with E-state index in [2.05, 4.69) is 4.98 Å². The van der Waals surface area contributed by atoms with Crippen LogP contribution in [-0.2, 0) is 16.4 Å². The topological polar surface area (TPSA) is 77.5 Å². The molecule has 1 aliphatic heterocycles. The van der Waals surface area contributed by atoms with Gasteiger partial charge in [-0.3, -0.25) is 0 Å². The van der Waals surface area contributed by atoms with Gasteiger partial charge in [0.25, 0.3) is 0 Å². The van der Waals surface area contributed by atoms with Crippen LogP contribution < -0.4 is 5.73 Å². The number of hydrogen-bond donors (Lipinski definition) is 1. The molecule has 0 radical (unpaired) electrons. The van der Waals surface area contributed by atoms with E-state index in [1.807, 2.05) is 22.7 Å². The summed E-state index contributed by atoms with van der Waals surface area (Å²) in [6.07, 6.45) is 4.96. The lowest BCUT2D eigenvalue weighted by Gasteiger charge is -2.08. The molecule has 1 atom stereocenters. The van der Waals surface area contributed by atoms with E-state index >= 15 is 0 Å². The fourth-order valence-electron chi connectivity index (χ4n) is 2.51. The first-order valence-corrected chi connectivity index (χ1v) is 7.71. The Bertz CT molecular complexity index is 690. The van der Waals surface area contributed by atoms with Gasteiger partial charge in [0, 0.05) is 12.7 Å². The molecule has 3 heterocycles. The highest BCUT2D eigenvalue weighted by Crippen LogP contribution is 2.34. The largest absolute Gasteiger partial charge is 0.326 e. The summed E-state index contributed by atoms with van der Waals surface area (Å²) in [5.74, 6) is 0.902. The van der Waals surface area contributed by atoms with Gasteiger partial charge in [0.1, 0.15) is 11.1 Å². The minimum atomic E-state index is -3.03. The van der Waals surface area contributed by atoms with Crippen molar-refractivity contribution >= 4 is 15.4 Å². The van der Waals surface area contributed by atoms with Crippen molar-refractivity contribution in [1.29, 1.82) is 0 Å². The molecule has 96 valence electrons. The predicted molar refractivity (Wildman–Crippen MR) is 68.8 cm³/mol. The Balaban J connectivity index is 2.13. The Hall–Kier alpha value is -1.40. The van der Waals surface area contributed by atoms with Crippen molar-refractivity contribution in [3.8, 4) is 0 Å². The van der Waals surface area contributed by atoms with Crippen molar-refractivity contribution < 1.29 is 8.42 Å². The molecule has 1 fully saturated rings. The molecule has 6 heteroatoms. The molecule has 0 bridgehead atoms. The first-order valence-electron chi connectivity index (χ1n) is 5.99. The summed E-state index contributed by atoms with van der Waals surface area (Å²) < 4.78 is 25.8. The van der Waals surface area contributed by atoms with Crippen LogP contribution in [0.5, 0.6) is 0 Å². The van der Waals surface area contributed by atoms with Gasteiger partial charge >= 0.3 is 0 Å². The van der Waals surface area contributed by atoms with Crippen molar-refractivity contribution in [2.45, 2.75) is 24.6 Å². The fourth-order valence-corrected chi connectivity index (χ4v) is 4.39. The minimum absolute atomic E-state index is 0.271. The molecular weight excluding hydrogens is 250 g/mol. The lowest BCUT2D eigenvalue weighted by molar-refractivity contribution is 0.588. The zero-order valence-corrected chi connectivity index (χ0v) is 10.7. The van der Waals surface area contributed by atoms with Crippen LogP contribution in [0.15, 0.2) is 24.5 Å². The number of imidazole rings is 1. The van der Waals surface area contributed by atoms with Gasteiger partial charge in [0.05, 0.1) is 17.5 Å². The summed E-state index contributed by atoms with van der Waals surface area (Å²) >= 11 is 0. The molecule has 0 spiro atoms. The molecule has 0 amide bonds. The molecule has 2 aromatic rings. The van der Waals surface area contributed by atoms with E-state index in [1.165, 1.54) is 0 Å². The van der Waals surface area contributed by atoms with Gasteiger partial charge in [0.15, 0.2) is 9.84 Å². The Kier molecular flexibility index (Phi) is 2.64. The maximum atomic E-state index is 12.0. The molecule has 2 N–H and O–H groups in total. The molecule has 3 rings (SSSR count). The van der Waals surface area contributed by atoms with E-state index in [1.54, 1.807) is 6.20 Å². The van der Waals surface area contributed by atoms with E-state index in [4.69, 9.17) is 5.73 Å². The Labute approximate surface area is 106 Å². The third-order valence-electron chi connectivity index (χ3n) is 3.48. The van der Waals surface area contributed by atoms with Crippen LogP contribution in [-0.4, -0.2) is 23.6 Å². The fraction of sp³-hybridized carbons (Fsp3) is 0.417. The average Bonchev–Trinajstić information content (AvgIpc) is 2.90. The maximum absolute atomic E-state index is 12.0. The Morgan fingerprint density at radius 1 is 1.50 bits per heavy atom. The van der Waals surface area contributed by atoms with E-state index in [9.17, 15) is 8.42 Å². The molecule has 0 aromatic carbocycles. The van der Waals surface area contributed by atoms with Gasteiger partial charge in [-0.1, -0.05) is 0 Å². The van der Waals surface area contributed by atoms with Crippen molar-refractivity contribution in [3.05, 3.63) is 35.9 Å². The molecule has 18 heavy (non-hydrogen) atoms. The normalized spacial score (nSPS) is 22.6. The number of hydrogen-bond acceptors (Lipinski definition) is 4. The third-order valence-corrected chi connectivity index (χ3v) is 5.65. The van der Waals surface area contributed by atoms with Gasteiger partial charge in [0.2, 0.25) is 0 Å². The number of nitrogens with two attached hydrogens (primary N) is 1. The van der Waals surface area contributed by atoms with Gasteiger partial charge in [-0.2, -0.15) is 0 Å². The molecule has 0 aliphatic carbocycles. The summed E-state index contributed by atoms with van der Waals surface area (Å²) in [6, 6.07) is 3.85. The monoisotopic (exact) mass is 265 g/mol. The first kappa shape index (κ1) is 11.7. The van der Waals surface area contributed by atoms with Gasteiger partial charge in [-0.25, -0.2) is 13.4 Å². The molecule has 0 saturated carbocycles. The highest BCUT2D eigenvalue weighted by molar-refractivity contribution is 7.91. The van der Waals surface area contributed by atoms with E-state index < -0.39 is 15.1 Å². The van der Waals surface area contributed by atoms with Crippen molar-refractivity contribution in [3.63, 3.8) is 0 Å². The quantitative estimate of drug-likeness (QED) is 0.880. The predicted octanol–water partition coefficient (Wildman–Crippen LogP) is 1.04. The third kappa shape index (κ3) is 1.72. The lowest BCUT2D eigenvalue weighted by Crippen LogP contribution is -2.11. The van der Waals surface area contributed by atoms with Crippen LogP contribution in [0.3, 0.4) is 0 Å². The minimum Gasteiger partial charge on any atom is -0.326 e. The van der Waals surface area contributed by atoms with E-state index in [0.717, 1.165) is 17.5 Å². The molecular formula is C12H15N3O2S. The van der Waals surface area contributed by atoms with Crippen LogP contribution in [0.4, 0.5) is 0 Å². The second-order valence-corrected chi connectivity index (χ2v) is 6.95. The van der Waals surface area contributed by atoms with Crippen LogP contribution >= 0.6 is 0 Å². The lowest BCUT2D eigenvalue weighted by atomic mass is 10.2. The number of fused-ring (bicyclic) bond motifs is 1. The zero-order valence-electron chi connectivity index (χ0n) is 9.91. The number of sulfone groups is 1. The number of aromatic nitrogens is 2. The van der Waals surface area contributed by atoms with Crippen molar-refractivity contribution in [2.24, 2.45) is 5.73 Å². The molecule has 2 aromatic heterocycles. The molecule has 1 unspecified atom stereocenters. The summed E-state index contributed by atoms with van der Waals surface area (Å²) in [5, 5.41) is -0.455. The van der Waals surface area contributed by atoms with E-state index in [-0.39, 0.29) is 5.75 Å². The summed E-state index contributed by atoms with van der Waals surface area (Å²) in [4.78, 5) is 4.29. The second kappa shape index (κ2) is 4.07. The molecule has 1 aliphatic rings. The Morgan fingerprint density at radius 3 is 3.00 bits per heavy atom. The average molecular weight is 265 g/mol. The number of nitrogens with zero attached hydrogens (tertiary/aromatic N) is 2. The smallest absolute Gasteiger partial charge is 0.160 e. The van der Waals surface area contributed by atoms with Crippen LogP contribution in [0, 0.1) is 0 Å². The van der Waals surface area contributed by atoms with Gasteiger partial charge in [-0.05, 0) is 30.5 Å². The van der Waals surface area contributed by atoms with Crippen LogP contribution in [0.25, 0.3) is 5.52 Å². The standard InChI is InChI=1S/C12H15N3O2S/c13-7-9-3-4-15-10(6-9)8-14-12(15)11-2-1-5-18(11,16)17/h3-4,6,8,11H,1-2,5,7,13H2. The van der Waals surface area contributed by atoms with Gasteiger partial charge in [-0.15, -0.1) is 0 Å². The highest BCUT2D eigenvalue weighted by atomic mass is 32.2. The SMILES string of the molecule is NCc1ccn2c(C3CCCS3(=O)=O)ncc2c1.